The maximum absolute atomic E-state index is 12.5. The molecule has 5 heteroatoms. The van der Waals surface area contributed by atoms with Crippen LogP contribution < -0.4 is 4.90 Å². The first-order valence-corrected chi connectivity index (χ1v) is 5.94. The number of aryl methyl sites for hydroxylation is 1. The highest BCUT2D eigenvalue weighted by Gasteiger charge is 2.19. The van der Waals surface area contributed by atoms with E-state index in [1.165, 1.54) is 6.20 Å². The largest absolute Gasteiger partial charge is 0.330 e. The molecule has 1 heterocycles. The van der Waals surface area contributed by atoms with Crippen LogP contribution in [0.3, 0.4) is 0 Å². The number of carbonyl (C=O) groups excluding carboxylic acids is 1. The Labute approximate surface area is 111 Å². The molecule has 0 atom stereocenters. The number of para-hydroxylation sites is 1. The van der Waals surface area contributed by atoms with Crippen molar-refractivity contribution in [1.82, 2.24) is 9.55 Å². The Hall–Kier alpha value is -2.61. The fourth-order valence-corrected chi connectivity index (χ4v) is 1.82. The third kappa shape index (κ3) is 2.80. The van der Waals surface area contributed by atoms with Crippen LogP contribution in [0, 0.1) is 11.3 Å². The molecule has 0 spiro atoms. The summed E-state index contributed by atoms with van der Waals surface area (Å²) >= 11 is 0. The van der Waals surface area contributed by atoms with Gasteiger partial charge in [-0.15, -0.1) is 0 Å². The monoisotopic (exact) mass is 254 g/mol. The van der Waals surface area contributed by atoms with Crippen LogP contribution in [0.25, 0.3) is 0 Å². The average molecular weight is 254 g/mol. The Balaban J connectivity index is 2.31. The summed E-state index contributed by atoms with van der Waals surface area (Å²) in [4.78, 5) is 18.0. The Morgan fingerprint density at radius 3 is 2.74 bits per heavy atom. The lowest BCUT2D eigenvalue weighted by molar-refractivity contribution is 0.0979. The molecule has 0 aliphatic rings. The minimum Gasteiger partial charge on any atom is -0.330 e. The molecule has 5 nitrogen and oxygen atoms in total. The van der Waals surface area contributed by atoms with Crippen molar-refractivity contribution in [2.24, 2.45) is 7.05 Å². The van der Waals surface area contributed by atoms with Gasteiger partial charge < -0.3 is 9.47 Å². The van der Waals surface area contributed by atoms with Crippen molar-refractivity contribution in [2.45, 2.75) is 6.42 Å². The zero-order valence-corrected chi connectivity index (χ0v) is 10.7. The molecule has 0 radical (unpaired) electrons. The van der Waals surface area contributed by atoms with Crippen LogP contribution in [-0.2, 0) is 7.05 Å². The molecule has 0 aliphatic carbocycles. The Bertz CT molecular complexity index is 597. The van der Waals surface area contributed by atoms with Gasteiger partial charge in [-0.25, -0.2) is 4.98 Å². The number of hydrogen-bond acceptors (Lipinski definition) is 3. The highest BCUT2D eigenvalue weighted by molar-refractivity contribution is 6.04. The molecule has 19 heavy (non-hydrogen) atoms. The number of carbonyl (C=O) groups is 1. The van der Waals surface area contributed by atoms with Crippen molar-refractivity contribution in [1.29, 1.82) is 5.26 Å². The summed E-state index contributed by atoms with van der Waals surface area (Å²) in [6, 6.07) is 11.4. The summed E-state index contributed by atoms with van der Waals surface area (Å²) in [7, 11) is 1.77. The number of benzene rings is 1. The summed E-state index contributed by atoms with van der Waals surface area (Å²) in [6.07, 6.45) is 3.41. The van der Waals surface area contributed by atoms with Crippen molar-refractivity contribution in [3.05, 3.63) is 48.5 Å². The van der Waals surface area contributed by atoms with E-state index in [2.05, 4.69) is 11.1 Å². The van der Waals surface area contributed by atoms with Gasteiger partial charge in [-0.2, -0.15) is 5.26 Å². The summed E-state index contributed by atoms with van der Waals surface area (Å²) in [5.74, 6) is -0.151. The first-order valence-electron chi connectivity index (χ1n) is 5.94. The summed E-state index contributed by atoms with van der Waals surface area (Å²) in [6.45, 7) is 0.366. The van der Waals surface area contributed by atoms with Gasteiger partial charge in [0, 0.05) is 19.3 Å². The molecule has 1 amide bonds. The molecule has 0 saturated heterocycles. The van der Waals surface area contributed by atoms with E-state index >= 15 is 0 Å². The molecule has 2 aromatic rings. The lowest BCUT2D eigenvalue weighted by atomic mass is 10.2. The molecule has 0 unspecified atom stereocenters. The molecule has 0 bridgehead atoms. The van der Waals surface area contributed by atoms with Crippen LogP contribution in [0.1, 0.15) is 16.9 Å². The van der Waals surface area contributed by atoms with Gasteiger partial charge in [-0.3, -0.25) is 4.79 Å². The normalized spacial score (nSPS) is 9.89. The maximum atomic E-state index is 12.5. The second-order valence-electron chi connectivity index (χ2n) is 4.09. The highest BCUT2D eigenvalue weighted by atomic mass is 16.2. The van der Waals surface area contributed by atoms with Crippen LogP contribution >= 0.6 is 0 Å². The molecule has 0 saturated carbocycles. The van der Waals surface area contributed by atoms with Gasteiger partial charge in [0.1, 0.15) is 5.69 Å². The zero-order valence-electron chi connectivity index (χ0n) is 10.7. The number of nitrogens with zero attached hydrogens (tertiary/aromatic N) is 4. The van der Waals surface area contributed by atoms with Gasteiger partial charge in [0.25, 0.3) is 5.91 Å². The Morgan fingerprint density at radius 1 is 1.42 bits per heavy atom. The molecule has 0 fully saturated rings. The van der Waals surface area contributed by atoms with Gasteiger partial charge in [-0.1, -0.05) is 18.2 Å². The van der Waals surface area contributed by atoms with E-state index in [9.17, 15) is 4.79 Å². The van der Waals surface area contributed by atoms with E-state index < -0.39 is 0 Å². The van der Waals surface area contributed by atoms with E-state index in [1.54, 1.807) is 22.8 Å². The number of imidazole rings is 1. The van der Waals surface area contributed by atoms with Gasteiger partial charge in [0.05, 0.1) is 25.0 Å². The summed E-state index contributed by atoms with van der Waals surface area (Å²) in [5.41, 5.74) is 1.28. The molecule has 2 rings (SSSR count). The van der Waals surface area contributed by atoms with Gasteiger partial charge >= 0.3 is 0 Å². The lowest BCUT2D eigenvalue weighted by Crippen LogP contribution is -2.33. The molecule has 1 aromatic carbocycles. The van der Waals surface area contributed by atoms with E-state index in [0.29, 0.717) is 18.7 Å². The van der Waals surface area contributed by atoms with Gasteiger partial charge in [0.15, 0.2) is 0 Å². The fourth-order valence-electron chi connectivity index (χ4n) is 1.82. The number of aromatic nitrogens is 2. The van der Waals surface area contributed by atoms with Crippen molar-refractivity contribution >= 4 is 11.6 Å². The third-order valence-electron chi connectivity index (χ3n) is 2.80. The lowest BCUT2D eigenvalue weighted by Gasteiger charge is -2.21. The quantitative estimate of drug-likeness (QED) is 0.838. The van der Waals surface area contributed by atoms with Crippen molar-refractivity contribution in [3.63, 3.8) is 0 Å². The van der Waals surface area contributed by atoms with Crippen LogP contribution in [0.4, 0.5) is 5.69 Å². The van der Waals surface area contributed by atoms with Gasteiger partial charge in [-0.05, 0) is 12.1 Å². The number of amides is 1. The van der Waals surface area contributed by atoms with Crippen LogP contribution in [-0.4, -0.2) is 22.0 Å². The van der Waals surface area contributed by atoms with Crippen LogP contribution in [0.5, 0.6) is 0 Å². The van der Waals surface area contributed by atoms with E-state index in [-0.39, 0.29) is 5.91 Å². The molecule has 0 N–H and O–H groups in total. The Morgan fingerprint density at radius 2 is 2.16 bits per heavy atom. The standard InChI is InChI=1S/C14H14N4O/c1-17-11-16-10-13(17)14(19)18(9-5-8-15)12-6-3-2-4-7-12/h2-4,6-7,10-11H,5,9H2,1H3. The van der Waals surface area contributed by atoms with Crippen LogP contribution in [0.2, 0.25) is 0 Å². The first-order chi connectivity index (χ1) is 9.24. The minimum absolute atomic E-state index is 0.151. The molecular weight excluding hydrogens is 240 g/mol. The topological polar surface area (TPSA) is 61.9 Å². The predicted octanol–water partition coefficient (Wildman–Crippen LogP) is 1.98. The maximum Gasteiger partial charge on any atom is 0.276 e. The number of hydrogen-bond donors (Lipinski definition) is 0. The van der Waals surface area contributed by atoms with Crippen molar-refractivity contribution in [3.8, 4) is 6.07 Å². The van der Waals surface area contributed by atoms with E-state index in [4.69, 9.17) is 5.26 Å². The number of rotatable bonds is 4. The molecule has 1 aromatic heterocycles. The smallest absolute Gasteiger partial charge is 0.276 e. The third-order valence-corrected chi connectivity index (χ3v) is 2.80. The predicted molar refractivity (Wildman–Crippen MR) is 71.6 cm³/mol. The molecular formula is C14H14N4O. The minimum atomic E-state index is -0.151. The molecule has 0 aliphatic heterocycles. The zero-order chi connectivity index (χ0) is 13.7. The fraction of sp³-hybridized carbons (Fsp3) is 0.214. The second kappa shape index (κ2) is 5.83. The highest BCUT2D eigenvalue weighted by Crippen LogP contribution is 2.16. The van der Waals surface area contributed by atoms with Gasteiger partial charge in [0.2, 0.25) is 0 Å². The summed E-state index contributed by atoms with van der Waals surface area (Å²) < 4.78 is 1.67. The SMILES string of the molecule is Cn1cncc1C(=O)N(CCC#N)c1ccccc1. The average Bonchev–Trinajstić information content (AvgIpc) is 2.86. The van der Waals surface area contributed by atoms with Crippen molar-refractivity contribution in [2.75, 3.05) is 11.4 Å². The second-order valence-corrected chi connectivity index (χ2v) is 4.09. The summed E-state index contributed by atoms with van der Waals surface area (Å²) in [5, 5.41) is 8.72. The van der Waals surface area contributed by atoms with Crippen LogP contribution in [0.15, 0.2) is 42.9 Å². The van der Waals surface area contributed by atoms with E-state index in [1.807, 2.05) is 30.3 Å². The van der Waals surface area contributed by atoms with E-state index in [0.717, 1.165) is 5.69 Å². The molecule has 96 valence electrons. The number of anilines is 1. The van der Waals surface area contributed by atoms with Crippen molar-refractivity contribution < 1.29 is 4.79 Å². The Kier molecular flexibility index (Phi) is 3.94. The first kappa shape index (κ1) is 12.8. The number of nitriles is 1.